The first-order valence-corrected chi connectivity index (χ1v) is 12.3. The summed E-state index contributed by atoms with van der Waals surface area (Å²) in [7, 11) is 0. The van der Waals surface area contributed by atoms with E-state index in [4.69, 9.17) is 9.47 Å². The van der Waals surface area contributed by atoms with E-state index in [1.54, 1.807) is 4.90 Å². The topological polar surface area (TPSA) is 68.2 Å². The number of halogens is 1. The van der Waals surface area contributed by atoms with Gasteiger partial charge in [0.25, 0.3) is 0 Å². The minimum atomic E-state index is -0.534. The van der Waals surface area contributed by atoms with Gasteiger partial charge in [-0.05, 0) is 78.4 Å². The van der Waals surface area contributed by atoms with Crippen LogP contribution in [0.4, 0.5) is 4.79 Å². The van der Waals surface area contributed by atoms with Crippen LogP contribution in [-0.2, 0) is 16.1 Å². The van der Waals surface area contributed by atoms with Gasteiger partial charge in [-0.3, -0.25) is 9.89 Å². The van der Waals surface area contributed by atoms with Gasteiger partial charge in [0.1, 0.15) is 12.2 Å². The van der Waals surface area contributed by atoms with Gasteiger partial charge in [0.15, 0.2) is 0 Å². The monoisotopic (exact) mass is 524 g/mol. The smallest absolute Gasteiger partial charge is 0.410 e. The Labute approximate surface area is 208 Å². The Kier molecular flexibility index (Phi) is 7.22. The van der Waals surface area contributed by atoms with Crippen molar-refractivity contribution in [1.29, 1.82) is 0 Å². The molecule has 0 N–H and O–H groups in total. The van der Waals surface area contributed by atoms with Crippen LogP contribution >= 0.6 is 15.9 Å². The molecule has 178 valence electrons. The average molecular weight is 525 g/mol. The number of carbonyl (C=O) groups excluding carboxylic acids is 2. The summed E-state index contributed by atoms with van der Waals surface area (Å²) in [6, 6.07) is 15.2. The number of benzene rings is 2. The lowest BCUT2D eigenvalue weighted by molar-refractivity contribution is 0.0265. The van der Waals surface area contributed by atoms with Gasteiger partial charge in [-0.2, -0.15) is 0 Å². The number of carbonyl (C=O) groups is 2. The first-order chi connectivity index (χ1) is 16.2. The molecule has 0 aliphatic carbocycles. The normalized spacial score (nSPS) is 17.9. The molecule has 1 saturated heterocycles. The fourth-order valence-corrected chi connectivity index (χ4v) is 4.57. The molecule has 1 atom stereocenters. The van der Waals surface area contributed by atoms with Crippen LogP contribution in [0, 0.1) is 0 Å². The van der Waals surface area contributed by atoms with E-state index in [1.807, 2.05) is 75.5 Å². The maximum absolute atomic E-state index is 12.8. The summed E-state index contributed by atoms with van der Waals surface area (Å²) in [5.74, 6) is -0.385. The second-order valence-corrected chi connectivity index (χ2v) is 10.4. The Bertz CT molecular complexity index is 1140. The summed E-state index contributed by atoms with van der Waals surface area (Å²) in [6.45, 7) is 6.51. The zero-order valence-corrected chi connectivity index (χ0v) is 21.3. The molecule has 0 unspecified atom stereocenters. The van der Waals surface area contributed by atoms with Crippen molar-refractivity contribution in [3.8, 4) is 0 Å². The van der Waals surface area contributed by atoms with Crippen molar-refractivity contribution >= 4 is 39.3 Å². The van der Waals surface area contributed by atoms with Crippen molar-refractivity contribution in [1.82, 2.24) is 4.90 Å². The molecule has 2 aromatic carbocycles. The average Bonchev–Trinajstić information content (AvgIpc) is 3.47. The standard InChI is InChI=1S/C27H29BrN2O4/c1-27(2,3)34-26(32)30-13-7-10-24(30)23-15-20(16-29-23)19-11-12-22(28)21(14-19)25(31)33-17-18-8-5-4-6-9-18/h4-6,8-9,11-12,14,16,24H,7,10,13,15,17H2,1-3H3/t24-/m0/s1. The molecule has 2 aliphatic heterocycles. The van der Waals surface area contributed by atoms with Crippen LogP contribution in [0.2, 0.25) is 0 Å². The van der Waals surface area contributed by atoms with Crippen LogP contribution in [0.15, 0.2) is 64.2 Å². The Balaban J connectivity index is 1.42. The third-order valence-corrected chi connectivity index (χ3v) is 6.48. The minimum absolute atomic E-state index is 0.0608. The number of hydrogen-bond donors (Lipinski definition) is 0. The van der Waals surface area contributed by atoms with E-state index in [1.165, 1.54) is 0 Å². The molecule has 0 bridgehead atoms. The molecule has 1 fully saturated rings. The molecule has 2 heterocycles. The summed E-state index contributed by atoms with van der Waals surface area (Å²) in [6.07, 6.45) is 3.97. The van der Waals surface area contributed by atoms with Crippen molar-refractivity contribution in [3.63, 3.8) is 0 Å². The zero-order chi connectivity index (χ0) is 24.3. The molecule has 34 heavy (non-hydrogen) atoms. The molecule has 2 aromatic rings. The lowest BCUT2D eigenvalue weighted by atomic mass is 9.97. The summed E-state index contributed by atoms with van der Waals surface area (Å²) in [5, 5.41) is 0. The van der Waals surface area contributed by atoms with Crippen molar-refractivity contribution in [2.45, 2.75) is 58.3 Å². The molecule has 0 spiro atoms. The van der Waals surface area contributed by atoms with Crippen LogP contribution in [0.3, 0.4) is 0 Å². The lowest BCUT2D eigenvalue weighted by Gasteiger charge is -2.28. The van der Waals surface area contributed by atoms with Crippen molar-refractivity contribution in [2.75, 3.05) is 6.54 Å². The first-order valence-electron chi connectivity index (χ1n) is 11.5. The Hall–Kier alpha value is -2.93. The molecule has 0 saturated carbocycles. The van der Waals surface area contributed by atoms with E-state index in [0.29, 0.717) is 23.0 Å². The third-order valence-electron chi connectivity index (χ3n) is 5.79. The van der Waals surface area contributed by atoms with Gasteiger partial charge in [-0.1, -0.05) is 36.4 Å². The summed E-state index contributed by atoms with van der Waals surface area (Å²) >= 11 is 3.47. The Morgan fingerprint density at radius 2 is 1.91 bits per heavy atom. The van der Waals surface area contributed by atoms with Crippen LogP contribution in [0.25, 0.3) is 5.57 Å². The molecule has 6 nitrogen and oxygen atoms in total. The third kappa shape index (κ3) is 5.76. The SMILES string of the molecule is CC(C)(C)OC(=O)N1CCC[C@H]1C1=NC=C(c2ccc(Br)c(C(=O)OCc3ccccc3)c2)C1. The van der Waals surface area contributed by atoms with E-state index in [9.17, 15) is 9.59 Å². The number of allylic oxidation sites excluding steroid dienone is 1. The molecular formula is C27H29BrN2O4. The summed E-state index contributed by atoms with van der Waals surface area (Å²) in [4.78, 5) is 31.9. The predicted octanol–water partition coefficient (Wildman–Crippen LogP) is 6.39. The van der Waals surface area contributed by atoms with Crippen molar-refractivity contribution in [2.24, 2.45) is 4.99 Å². The quantitative estimate of drug-likeness (QED) is 0.424. The number of hydrogen-bond acceptors (Lipinski definition) is 5. The Morgan fingerprint density at radius 1 is 1.15 bits per heavy atom. The summed E-state index contributed by atoms with van der Waals surface area (Å²) < 4.78 is 11.8. The molecule has 2 aliphatic rings. The largest absolute Gasteiger partial charge is 0.457 e. The summed E-state index contributed by atoms with van der Waals surface area (Å²) in [5.41, 5.74) is 3.75. The molecular weight excluding hydrogens is 496 g/mol. The van der Waals surface area contributed by atoms with Crippen molar-refractivity contribution in [3.05, 3.63) is 75.9 Å². The number of aliphatic imine (C=N–C) groups is 1. The van der Waals surface area contributed by atoms with Gasteiger partial charge in [0.05, 0.1) is 11.6 Å². The second kappa shape index (κ2) is 10.1. The molecule has 0 aromatic heterocycles. The number of likely N-dealkylation sites (tertiary alicyclic amines) is 1. The maximum atomic E-state index is 12.8. The zero-order valence-electron chi connectivity index (χ0n) is 19.7. The molecule has 7 heteroatoms. The van der Waals surface area contributed by atoms with Crippen LogP contribution in [-0.4, -0.2) is 40.9 Å². The highest BCUT2D eigenvalue weighted by molar-refractivity contribution is 9.10. The fraction of sp³-hybridized carbons (Fsp3) is 0.370. The number of nitrogens with zero attached hydrogens (tertiary/aromatic N) is 2. The van der Waals surface area contributed by atoms with Gasteiger partial charge in [0, 0.05) is 29.3 Å². The van der Waals surface area contributed by atoms with Gasteiger partial charge in [-0.15, -0.1) is 0 Å². The van der Waals surface area contributed by atoms with Crippen LogP contribution < -0.4 is 0 Å². The van der Waals surface area contributed by atoms with Gasteiger partial charge >= 0.3 is 12.1 Å². The highest BCUT2D eigenvalue weighted by Crippen LogP contribution is 2.32. The van der Waals surface area contributed by atoms with E-state index in [0.717, 1.165) is 35.3 Å². The van der Waals surface area contributed by atoms with E-state index >= 15 is 0 Å². The number of esters is 1. The van der Waals surface area contributed by atoms with E-state index < -0.39 is 5.60 Å². The maximum Gasteiger partial charge on any atom is 0.410 e. The fourth-order valence-electron chi connectivity index (χ4n) is 4.16. The predicted molar refractivity (Wildman–Crippen MR) is 136 cm³/mol. The van der Waals surface area contributed by atoms with E-state index in [-0.39, 0.29) is 24.7 Å². The lowest BCUT2D eigenvalue weighted by Crippen LogP contribution is -2.43. The van der Waals surface area contributed by atoms with Gasteiger partial charge in [0.2, 0.25) is 0 Å². The Morgan fingerprint density at radius 3 is 2.65 bits per heavy atom. The minimum Gasteiger partial charge on any atom is -0.457 e. The molecule has 0 radical (unpaired) electrons. The number of rotatable bonds is 5. The number of amides is 1. The van der Waals surface area contributed by atoms with Gasteiger partial charge < -0.3 is 9.47 Å². The number of ether oxygens (including phenoxy) is 2. The molecule has 1 amide bonds. The highest BCUT2D eigenvalue weighted by atomic mass is 79.9. The first kappa shape index (κ1) is 24.2. The highest BCUT2D eigenvalue weighted by Gasteiger charge is 2.36. The van der Waals surface area contributed by atoms with Crippen LogP contribution in [0.5, 0.6) is 0 Å². The molecule has 4 rings (SSSR count). The second-order valence-electron chi connectivity index (χ2n) is 9.54. The van der Waals surface area contributed by atoms with Gasteiger partial charge in [-0.25, -0.2) is 9.59 Å². The van der Waals surface area contributed by atoms with E-state index in [2.05, 4.69) is 20.9 Å². The van der Waals surface area contributed by atoms with Crippen molar-refractivity contribution < 1.29 is 19.1 Å². The van der Waals surface area contributed by atoms with Crippen LogP contribution in [0.1, 0.15) is 61.5 Å².